The smallest absolute Gasteiger partial charge is 0.421 e. The predicted octanol–water partition coefficient (Wildman–Crippen LogP) is 6.81. The molecule has 11 heteroatoms. The third-order valence-corrected chi connectivity index (χ3v) is 8.82. The zero-order chi connectivity index (χ0) is 34.9. The molecule has 0 saturated carbocycles. The van der Waals surface area contributed by atoms with Crippen LogP contribution in [0.25, 0.3) is 0 Å². The summed E-state index contributed by atoms with van der Waals surface area (Å²) in [4.78, 5) is 28.6. The molecule has 0 spiro atoms. The van der Waals surface area contributed by atoms with E-state index >= 15 is 4.39 Å². The van der Waals surface area contributed by atoms with Gasteiger partial charge in [-0.15, -0.1) is 0 Å². The third kappa shape index (κ3) is 9.45. The summed E-state index contributed by atoms with van der Waals surface area (Å²) in [6.45, 7) is 15.5. The molecule has 1 amide bonds. The average molecular weight is 671 g/mol. The van der Waals surface area contributed by atoms with Gasteiger partial charge in [-0.1, -0.05) is 29.8 Å². The maximum absolute atomic E-state index is 15.4. The molecule has 1 aliphatic rings. The number of nitrogens with zero attached hydrogens (tertiary/aromatic N) is 5. The number of rotatable bonds is 13. The van der Waals surface area contributed by atoms with Crippen molar-refractivity contribution in [1.29, 1.82) is 0 Å². The number of carbonyl (C=O) groups excluding carboxylic acids is 1. The van der Waals surface area contributed by atoms with Crippen LogP contribution in [-0.4, -0.2) is 84.9 Å². The molecule has 5 rings (SSSR count). The number of hydrogen-bond donors (Lipinski definition) is 1. The lowest BCUT2D eigenvalue weighted by Gasteiger charge is -2.36. The number of aryl methyl sites for hydroxylation is 3. The average Bonchev–Trinajstić information content (AvgIpc) is 3.09. The fourth-order valence-corrected chi connectivity index (χ4v) is 6.13. The van der Waals surface area contributed by atoms with Gasteiger partial charge in [0, 0.05) is 56.7 Å². The number of piperazine rings is 1. The fraction of sp³-hybridized carbons (Fsp3) is 0.395. The maximum atomic E-state index is 15.4. The van der Waals surface area contributed by atoms with Crippen molar-refractivity contribution in [2.75, 3.05) is 63.2 Å². The van der Waals surface area contributed by atoms with Gasteiger partial charge in [0.25, 0.3) is 0 Å². The number of ether oxygens (including phenoxy) is 3. The van der Waals surface area contributed by atoms with Crippen LogP contribution in [0.15, 0.2) is 73.2 Å². The number of methoxy groups -OCH3 is 1. The molecule has 1 fully saturated rings. The van der Waals surface area contributed by atoms with Crippen molar-refractivity contribution in [2.24, 2.45) is 0 Å². The van der Waals surface area contributed by atoms with Crippen LogP contribution in [0, 0.1) is 26.6 Å². The second-order valence-electron chi connectivity index (χ2n) is 12.7. The minimum atomic E-state index is -0.602. The fourth-order valence-electron chi connectivity index (χ4n) is 6.13. The topological polar surface area (TPSA) is 92.3 Å². The van der Waals surface area contributed by atoms with Crippen LogP contribution in [0.3, 0.4) is 0 Å². The first-order valence-corrected chi connectivity index (χ1v) is 16.7. The van der Waals surface area contributed by atoms with Crippen molar-refractivity contribution in [3.63, 3.8) is 0 Å². The van der Waals surface area contributed by atoms with Crippen LogP contribution < -0.4 is 24.4 Å². The number of aromatic nitrogens is 2. The van der Waals surface area contributed by atoms with Gasteiger partial charge in [-0.05, 0) is 81.6 Å². The summed E-state index contributed by atoms with van der Waals surface area (Å²) >= 11 is 0. The zero-order valence-electron chi connectivity index (χ0n) is 29.3. The third-order valence-electron chi connectivity index (χ3n) is 8.82. The highest BCUT2D eigenvalue weighted by Crippen LogP contribution is 2.30. The molecule has 1 aliphatic heterocycles. The van der Waals surface area contributed by atoms with Gasteiger partial charge in [-0.3, -0.25) is 14.7 Å². The van der Waals surface area contributed by atoms with E-state index in [1.54, 1.807) is 31.5 Å². The van der Waals surface area contributed by atoms with Crippen LogP contribution in [0.2, 0.25) is 0 Å². The van der Waals surface area contributed by atoms with Gasteiger partial charge in [-0.25, -0.2) is 19.2 Å². The minimum absolute atomic E-state index is 0.107. The summed E-state index contributed by atoms with van der Waals surface area (Å²) in [5.74, 6) is 1.28. The van der Waals surface area contributed by atoms with Crippen molar-refractivity contribution < 1.29 is 23.4 Å². The number of carbonyl (C=O) groups is 1. The highest BCUT2D eigenvalue weighted by molar-refractivity contribution is 5.88. The Morgan fingerprint density at radius 3 is 2.31 bits per heavy atom. The molecule has 1 saturated heterocycles. The van der Waals surface area contributed by atoms with Gasteiger partial charge in [0.05, 0.1) is 19.7 Å². The quantitative estimate of drug-likeness (QED) is 0.165. The molecule has 1 aromatic heterocycles. The molecular weight excluding hydrogens is 623 g/mol. The molecule has 1 atom stereocenters. The predicted molar refractivity (Wildman–Crippen MR) is 190 cm³/mol. The number of hydrogen-bond acceptors (Lipinski definition) is 9. The molecule has 1 N–H and O–H groups in total. The molecule has 1 unspecified atom stereocenters. The highest BCUT2D eigenvalue weighted by atomic mass is 19.1. The van der Waals surface area contributed by atoms with Gasteiger partial charge < -0.3 is 19.5 Å². The SMILES string of the molecule is COc1ccc(C(CN(C(=O)Oc2c(C)cc(C)cc2C)c2ccncn2)Nc2ccc(OCCN3CCN(C(C)C)CC3)c(F)c2)cc1. The molecular formula is C38H47FN6O4. The van der Waals surface area contributed by atoms with E-state index in [0.717, 1.165) is 55.0 Å². The van der Waals surface area contributed by atoms with Gasteiger partial charge >= 0.3 is 6.09 Å². The molecule has 3 aromatic carbocycles. The van der Waals surface area contributed by atoms with Crippen LogP contribution >= 0.6 is 0 Å². The second kappa shape index (κ2) is 16.6. The van der Waals surface area contributed by atoms with E-state index < -0.39 is 18.0 Å². The Morgan fingerprint density at radius 1 is 0.980 bits per heavy atom. The summed E-state index contributed by atoms with van der Waals surface area (Å²) in [6, 6.07) is 18.0. The Bertz CT molecular complexity index is 1660. The first kappa shape index (κ1) is 35.6. The standard InChI is InChI=1S/C38H47FN6O4/c1-26(2)44-17-15-43(16-18-44)19-20-48-35-12-9-31(23-33(35)39)42-34(30-7-10-32(47-6)11-8-30)24-45(36-13-14-40-25-41-36)38(46)49-37-28(4)21-27(3)22-29(37)5/h7-14,21-23,25-26,34,42H,15-20,24H2,1-6H3. The van der Waals surface area contributed by atoms with Crippen molar-refractivity contribution in [3.05, 3.63) is 101 Å². The maximum Gasteiger partial charge on any atom is 0.421 e. The van der Waals surface area contributed by atoms with Crippen LogP contribution in [0.5, 0.6) is 17.2 Å². The van der Waals surface area contributed by atoms with Crippen molar-refractivity contribution in [2.45, 2.75) is 46.7 Å². The lowest BCUT2D eigenvalue weighted by atomic mass is 10.1. The minimum Gasteiger partial charge on any atom is -0.497 e. The molecule has 10 nitrogen and oxygen atoms in total. The van der Waals surface area contributed by atoms with Crippen molar-refractivity contribution in [3.8, 4) is 17.2 Å². The van der Waals surface area contributed by atoms with E-state index in [9.17, 15) is 4.79 Å². The number of benzene rings is 3. The molecule has 0 bridgehead atoms. The van der Waals surface area contributed by atoms with Crippen LogP contribution in [-0.2, 0) is 0 Å². The van der Waals surface area contributed by atoms with Crippen LogP contribution in [0.1, 0.15) is 42.1 Å². The van der Waals surface area contributed by atoms with Gasteiger partial charge in [0.15, 0.2) is 11.6 Å². The van der Waals surface area contributed by atoms with E-state index in [2.05, 4.69) is 38.9 Å². The Balaban J connectivity index is 1.34. The number of amides is 1. The Labute approximate surface area is 288 Å². The molecule has 4 aromatic rings. The number of anilines is 2. The van der Waals surface area contributed by atoms with Crippen LogP contribution in [0.4, 0.5) is 20.7 Å². The van der Waals surface area contributed by atoms with Crippen molar-refractivity contribution >= 4 is 17.6 Å². The summed E-state index contributed by atoms with van der Waals surface area (Å²) < 4.78 is 32.6. The van der Waals surface area contributed by atoms with E-state index in [0.29, 0.717) is 35.7 Å². The van der Waals surface area contributed by atoms with Gasteiger partial charge in [0.1, 0.15) is 30.3 Å². The monoisotopic (exact) mass is 670 g/mol. The molecule has 0 radical (unpaired) electrons. The summed E-state index contributed by atoms with van der Waals surface area (Å²) in [6.07, 6.45) is 2.35. The Kier molecular flexibility index (Phi) is 12.0. The van der Waals surface area contributed by atoms with E-state index in [1.165, 1.54) is 17.3 Å². The summed E-state index contributed by atoms with van der Waals surface area (Å²) in [7, 11) is 1.60. The molecule has 49 heavy (non-hydrogen) atoms. The van der Waals surface area contributed by atoms with E-state index in [1.807, 2.05) is 57.2 Å². The Hall–Kier alpha value is -4.74. The Morgan fingerprint density at radius 2 is 1.69 bits per heavy atom. The first-order valence-electron chi connectivity index (χ1n) is 16.7. The highest BCUT2D eigenvalue weighted by Gasteiger charge is 2.26. The van der Waals surface area contributed by atoms with E-state index in [4.69, 9.17) is 14.2 Å². The second-order valence-corrected chi connectivity index (χ2v) is 12.7. The number of nitrogens with one attached hydrogen (secondary N) is 1. The summed E-state index contributed by atoms with van der Waals surface area (Å²) in [5, 5.41) is 3.43. The van der Waals surface area contributed by atoms with Gasteiger partial charge in [-0.2, -0.15) is 0 Å². The summed E-state index contributed by atoms with van der Waals surface area (Å²) in [5.41, 5.74) is 4.15. The van der Waals surface area contributed by atoms with Crippen molar-refractivity contribution in [1.82, 2.24) is 19.8 Å². The lowest BCUT2D eigenvalue weighted by molar-refractivity contribution is 0.0965. The largest absolute Gasteiger partial charge is 0.497 e. The zero-order valence-corrected chi connectivity index (χ0v) is 29.3. The molecule has 2 heterocycles. The normalized spacial score (nSPS) is 14.4. The van der Waals surface area contributed by atoms with E-state index in [-0.39, 0.29) is 12.3 Å². The van der Waals surface area contributed by atoms with Gasteiger partial charge in [0.2, 0.25) is 0 Å². The molecule has 260 valence electrons. The first-order chi connectivity index (χ1) is 23.6. The lowest BCUT2D eigenvalue weighted by Crippen LogP contribution is -2.49. The molecule has 0 aliphatic carbocycles. The number of halogens is 1.